The zero-order valence-corrected chi connectivity index (χ0v) is 11.0. The molecule has 110 valence electrons. The minimum absolute atomic E-state index is 0.0927. The van der Waals surface area contributed by atoms with Gasteiger partial charge in [0.25, 0.3) is 0 Å². The number of hydrogen-bond donors (Lipinski definition) is 1. The maximum absolute atomic E-state index is 13.1. The molecule has 0 unspecified atom stereocenters. The second-order valence-electron chi connectivity index (χ2n) is 4.92. The molecular formula is C11H16FN5O3. The van der Waals surface area contributed by atoms with Crippen molar-refractivity contribution in [3.05, 3.63) is 10.4 Å². The number of methoxy groups -OCH3 is 1. The molecule has 2 aliphatic rings. The topological polar surface area (TPSA) is 107 Å². The third-order valence-corrected chi connectivity index (χ3v) is 3.63. The summed E-state index contributed by atoms with van der Waals surface area (Å²) < 4.78 is 17.8. The van der Waals surface area contributed by atoms with Gasteiger partial charge in [0.2, 0.25) is 5.91 Å². The van der Waals surface area contributed by atoms with E-state index in [9.17, 15) is 14.0 Å². The Kier molecular flexibility index (Phi) is 4.41. The maximum Gasteiger partial charge on any atom is 0.328 e. The molecule has 2 heterocycles. The van der Waals surface area contributed by atoms with Crippen LogP contribution < -0.4 is 5.32 Å². The summed E-state index contributed by atoms with van der Waals surface area (Å²) in [4.78, 5) is 28.1. The number of likely N-dealkylation sites (tertiary alicyclic amines) is 1. The Morgan fingerprint density at radius 3 is 2.80 bits per heavy atom. The zero-order valence-electron chi connectivity index (χ0n) is 11.0. The number of nitrogens with zero attached hydrogens (tertiary/aromatic N) is 4. The van der Waals surface area contributed by atoms with Crippen molar-refractivity contribution in [2.45, 2.75) is 37.1 Å². The number of ether oxygens (including phenoxy) is 1. The third kappa shape index (κ3) is 2.83. The number of amides is 1. The van der Waals surface area contributed by atoms with Crippen molar-refractivity contribution in [3.63, 3.8) is 0 Å². The van der Waals surface area contributed by atoms with Crippen molar-refractivity contribution in [3.8, 4) is 0 Å². The fraction of sp³-hybridized carbons (Fsp3) is 0.818. The number of hydrogen-bond acceptors (Lipinski definition) is 5. The zero-order chi connectivity index (χ0) is 14.7. The van der Waals surface area contributed by atoms with Crippen LogP contribution in [0.5, 0.6) is 0 Å². The Hall–Kier alpha value is -1.86. The lowest BCUT2D eigenvalue weighted by molar-refractivity contribution is -0.151. The molecule has 2 rings (SSSR count). The van der Waals surface area contributed by atoms with Gasteiger partial charge in [-0.05, 0) is 12.0 Å². The Balaban J connectivity index is 2.11. The van der Waals surface area contributed by atoms with E-state index in [0.717, 1.165) is 0 Å². The van der Waals surface area contributed by atoms with Gasteiger partial charge in [0, 0.05) is 24.4 Å². The van der Waals surface area contributed by atoms with Crippen LogP contribution >= 0.6 is 0 Å². The maximum atomic E-state index is 13.1. The summed E-state index contributed by atoms with van der Waals surface area (Å²) in [5, 5.41) is 6.33. The molecule has 9 heteroatoms. The van der Waals surface area contributed by atoms with E-state index >= 15 is 0 Å². The number of azide groups is 1. The first-order valence-electron chi connectivity index (χ1n) is 6.36. The second kappa shape index (κ2) is 6.06. The fourth-order valence-corrected chi connectivity index (χ4v) is 2.65. The summed E-state index contributed by atoms with van der Waals surface area (Å²) in [6, 6.07) is -1.87. The normalized spacial score (nSPS) is 32.8. The van der Waals surface area contributed by atoms with Gasteiger partial charge in [-0.2, -0.15) is 0 Å². The van der Waals surface area contributed by atoms with Crippen LogP contribution in [0.25, 0.3) is 10.4 Å². The number of rotatable bonds is 3. The Morgan fingerprint density at radius 1 is 1.50 bits per heavy atom. The minimum atomic E-state index is -1.06. The highest BCUT2D eigenvalue weighted by Crippen LogP contribution is 2.24. The van der Waals surface area contributed by atoms with E-state index < -0.39 is 30.3 Å². The molecule has 0 radical (unpaired) electrons. The van der Waals surface area contributed by atoms with Crippen LogP contribution in [-0.2, 0) is 14.3 Å². The standard InChI is InChI=1S/C11H16FN5O3/c1-20-11(19)9-3-7(15-16-13)5-17(9)10(18)8-2-6(12)4-14-8/h6-9,14H,2-5H2,1H3/t6-,7-,8-,9-/m0/s1. The Labute approximate surface area is 114 Å². The highest BCUT2D eigenvalue weighted by Gasteiger charge is 2.43. The predicted octanol–water partition coefficient (Wildman–Crippen LogP) is 0.139. The van der Waals surface area contributed by atoms with E-state index in [1.165, 1.54) is 12.0 Å². The molecule has 0 bridgehead atoms. The van der Waals surface area contributed by atoms with Crippen molar-refractivity contribution < 1.29 is 18.7 Å². The molecule has 0 aromatic rings. The highest BCUT2D eigenvalue weighted by atomic mass is 19.1. The van der Waals surface area contributed by atoms with Gasteiger partial charge in [-0.25, -0.2) is 9.18 Å². The summed E-state index contributed by atoms with van der Waals surface area (Å²) in [5.41, 5.74) is 8.46. The van der Waals surface area contributed by atoms with Gasteiger partial charge < -0.3 is 15.0 Å². The summed E-state index contributed by atoms with van der Waals surface area (Å²) >= 11 is 0. The van der Waals surface area contributed by atoms with Gasteiger partial charge >= 0.3 is 5.97 Å². The number of carbonyl (C=O) groups excluding carboxylic acids is 2. The fourth-order valence-electron chi connectivity index (χ4n) is 2.65. The first-order valence-corrected chi connectivity index (χ1v) is 6.36. The highest BCUT2D eigenvalue weighted by molar-refractivity contribution is 5.88. The van der Waals surface area contributed by atoms with Crippen LogP contribution in [0.3, 0.4) is 0 Å². The van der Waals surface area contributed by atoms with E-state index in [1.807, 2.05) is 0 Å². The van der Waals surface area contributed by atoms with Crippen molar-refractivity contribution in [1.82, 2.24) is 10.2 Å². The van der Waals surface area contributed by atoms with Crippen LogP contribution in [-0.4, -0.2) is 61.3 Å². The molecule has 1 amide bonds. The van der Waals surface area contributed by atoms with Gasteiger partial charge in [0.05, 0.1) is 19.2 Å². The molecule has 2 aliphatic heterocycles. The van der Waals surface area contributed by atoms with Crippen molar-refractivity contribution in [1.29, 1.82) is 0 Å². The molecule has 2 fully saturated rings. The number of nitrogens with one attached hydrogen (secondary N) is 1. The third-order valence-electron chi connectivity index (χ3n) is 3.63. The van der Waals surface area contributed by atoms with Crippen LogP contribution in [0.15, 0.2) is 5.11 Å². The lowest BCUT2D eigenvalue weighted by atomic mass is 10.1. The Morgan fingerprint density at radius 2 is 2.25 bits per heavy atom. The average Bonchev–Trinajstić information content (AvgIpc) is 3.04. The molecule has 8 nitrogen and oxygen atoms in total. The van der Waals surface area contributed by atoms with Gasteiger partial charge in [-0.1, -0.05) is 5.11 Å². The van der Waals surface area contributed by atoms with Crippen molar-refractivity contribution in [2.75, 3.05) is 20.2 Å². The molecule has 0 aliphatic carbocycles. The smallest absolute Gasteiger partial charge is 0.328 e. The van der Waals surface area contributed by atoms with Gasteiger partial charge in [-0.15, -0.1) is 0 Å². The molecule has 20 heavy (non-hydrogen) atoms. The number of halogens is 1. The van der Waals surface area contributed by atoms with E-state index in [1.54, 1.807) is 0 Å². The van der Waals surface area contributed by atoms with Crippen LogP contribution in [0.1, 0.15) is 12.8 Å². The monoisotopic (exact) mass is 285 g/mol. The molecule has 1 N–H and O–H groups in total. The lowest BCUT2D eigenvalue weighted by Gasteiger charge is -2.25. The van der Waals surface area contributed by atoms with Gasteiger partial charge in [0.15, 0.2) is 0 Å². The van der Waals surface area contributed by atoms with Gasteiger partial charge in [-0.3, -0.25) is 4.79 Å². The molecule has 0 spiro atoms. The van der Waals surface area contributed by atoms with Crippen LogP contribution in [0.2, 0.25) is 0 Å². The molecule has 0 saturated carbocycles. The van der Waals surface area contributed by atoms with E-state index in [4.69, 9.17) is 5.53 Å². The first kappa shape index (κ1) is 14.5. The number of alkyl halides is 1. The van der Waals surface area contributed by atoms with E-state index in [-0.39, 0.29) is 31.8 Å². The van der Waals surface area contributed by atoms with Crippen molar-refractivity contribution >= 4 is 11.9 Å². The first-order chi connectivity index (χ1) is 9.56. The SMILES string of the molecule is COC(=O)[C@@H]1C[C@H](N=[N+]=[N-])CN1C(=O)[C@@H]1C[C@H](F)CN1. The van der Waals surface area contributed by atoms with E-state index in [2.05, 4.69) is 20.1 Å². The summed E-state index contributed by atoms with van der Waals surface area (Å²) in [6.45, 7) is 0.282. The quantitative estimate of drug-likeness (QED) is 0.344. The van der Waals surface area contributed by atoms with Crippen LogP contribution in [0, 0.1) is 0 Å². The Bertz CT molecular complexity index is 453. The summed E-state index contributed by atoms with van der Waals surface area (Å²) in [7, 11) is 1.23. The molecule has 0 aromatic heterocycles. The van der Waals surface area contributed by atoms with Crippen molar-refractivity contribution in [2.24, 2.45) is 5.11 Å². The second-order valence-corrected chi connectivity index (χ2v) is 4.92. The largest absolute Gasteiger partial charge is 0.467 e. The number of esters is 1. The summed E-state index contributed by atoms with van der Waals surface area (Å²) in [5.74, 6) is -0.903. The van der Waals surface area contributed by atoms with Crippen LogP contribution in [0.4, 0.5) is 4.39 Å². The molecule has 2 saturated heterocycles. The minimum Gasteiger partial charge on any atom is -0.467 e. The molecule has 4 atom stereocenters. The van der Waals surface area contributed by atoms with Gasteiger partial charge in [0.1, 0.15) is 12.2 Å². The lowest BCUT2D eigenvalue weighted by Crippen LogP contribution is -2.48. The molecular weight excluding hydrogens is 269 g/mol. The predicted molar refractivity (Wildman–Crippen MR) is 66.4 cm³/mol. The summed E-state index contributed by atoms with van der Waals surface area (Å²) in [6.07, 6.45) is -0.736. The molecule has 0 aromatic carbocycles. The average molecular weight is 285 g/mol. The number of carbonyl (C=O) groups is 2. The van der Waals surface area contributed by atoms with E-state index in [0.29, 0.717) is 0 Å².